The van der Waals surface area contributed by atoms with E-state index in [4.69, 9.17) is 29.2 Å². The molecule has 2 bridgehead atoms. The molecule has 8 heteroatoms. The van der Waals surface area contributed by atoms with Crippen LogP contribution in [0.4, 0.5) is 0 Å². The van der Waals surface area contributed by atoms with Gasteiger partial charge in [0.15, 0.2) is 6.61 Å². The van der Waals surface area contributed by atoms with Crippen LogP contribution in [0, 0.1) is 0 Å². The molecule has 2 rings (SSSR count). The highest BCUT2D eigenvalue weighted by Crippen LogP contribution is 2.39. The Morgan fingerprint density at radius 3 is 3.00 bits per heavy atom. The molecule has 0 unspecified atom stereocenters. The summed E-state index contributed by atoms with van der Waals surface area (Å²) in [5, 5.41) is 11.8. The molecular formula is C8H11NO7. The van der Waals surface area contributed by atoms with Crippen molar-refractivity contribution in [3.05, 3.63) is 0 Å². The van der Waals surface area contributed by atoms with E-state index < -0.39 is 17.7 Å². The minimum absolute atomic E-state index is 0.0312. The van der Waals surface area contributed by atoms with Crippen LogP contribution in [0.3, 0.4) is 0 Å². The lowest BCUT2D eigenvalue weighted by molar-refractivity contribution is -0.400. The van der Waals surface area contributed by atoms with E-state index in [0.717, 1.165) is 0 Å². The molecule has 0 aromatic heterocycles. The molecule has 2 saturated heterocycles. The number of fused-ring (bicyclic) bond motifs is 2. The number of hydrogen-bond donors (Lipinski definition) is 1. The lowest BCUT2D eigenvalue weighted by Gasteiger charge is -2.31. The van der Waals surface area contributed by atoms with Crippen molar-refractivity contribution in [3.8, 4) is 0 Å². The Balaban J connectivity index is 2.18. The molecule has 0 amide bonds. The first-order valence-electron chi connectivity index (χ1n) is 4.55. The number of hydrogen-bond acceptors (Lipinski definition) is 8. The van der Waals surface area contributed by atoms with Gasteiger partial charge in [-0.25, -0.2) is 0 Å². The van der Waals surface area contributed by atoms with E-state index in [1.54, 1.807) is 0 Å². The minimum Gasteiger partial charge on any atom is -0.460 e. The maximum absolute atomic E-state index is 10.7. The Kier molecular flexibility index (Phi) is 2.58. The number of carbonyl (C=O) groups excluding carboxylic acids is 1. The summed E-state index contributed by atoms with van der Waals surface area (Å²) >= 11 is 0. The molecule has 2 atom stereocenters. The number of oxime groups is 1. The van der Waals surface area contributed by atoms with Crippen LogP contribution in [0.5, 0.6) is 0 Å². The van der Waals surface area contributed by atoms with Crippen LogP contribution in [0.25, 0.3) is 0 Å². The van der Waals surface area contributed by atoms with Gasteiger partial charge in [-0.3, -0.25) is 9.53 Å². The fourth-order valence-corrected chi connectivity index (χ4v) is 1.38. The topological polar surface area (TPSA) is 95.8 Å². The summed E-state index contributed by atoms with van der Waals surface area (Å²) in [5.41, 5.74) is 0.0312. The van der Waals surface area contributed by atoms with Crippen molar-refractivity contribution in [2.24, 2.45) is 5.16 Å². The van der Waals surface area contributed by atoms with E-state index in [-0.39, 0.29) is 18.9 Å². The van der Waals surface area contributed by atoms with Crippen molar-refractivity contribution in [2.45, 2.75) is 25.6 Å². The quantitative estimate of drug-likeness (QED) is 0.304. The number of rotatable bonds is 2. The fourth-order valence-electron chi connectivity index (χ4n) is 1.38. The van der Waals surface area contributed by atoms with Gasteiger partial charge in [-0.05, 0) is 0 Å². The van der Waals surface area contributed by atoms with Crippen LogP contribution in [-0.2, 0) is 28.8 Å². The normalized spacial score (nSPS) is 40.0. The van der Waals surface area contributed by atoms with Crippen molar-refractivity contribution >= 4 is 11.7 Å². The van der Waals surface area contributed by atoms with Gasteiger partial charge in [0.05, 0.1) is 6.61 Å². The maximum atomic E-state index is 10.7. The first-order chi connectivity index (χ1) is 7.50. The molecule has 2 aliphatic heterocycles. The maximum Gasteiger partial charge on any atom is 0.312 e. The summed E-state index contributed by atoms with van der Waals surface area (Å²) in [4.78, 5) is 20.4. The van der Waals surface area contributed by atoms with Crippen molar-refractivity contribution in [3.63, 3.8) is 0 Å². The van der Waals surface area contributed by atoms with Crippen LogP contribution in [0.2, 0.25) is 0 Å². The van der Waals surface area contributed by atoms with Gasteiger partial charge in [0, 0.05) is 13.8 Å². The predicted octanol–water partition coefficient (Wildman–Crippen LogP) is -0.242. The Morgan fingerprint density at radius 2 is 2.38 bits per heavy atom. The molecule has 90 valence electrons. The lowest BCUT2D eigenvalue weighted by atomic mass is 10.1. The van der Waals surface area contributed by atoms with E-state index in [2.05, 4.69) is 5.16 Å². The third kappa shape index (κ3) is 1.76. The highest BCUT2D eigenvalue weighted by molar-refractivity contribution is 5.93. The van der Waals surface area contributed by atoms with Gasteiger partial charge >= 0.3 is 11.9 Å². The zero-order valence-electron chi connectivity index (χ0n) is 8.76. The number of esters is 1. The van der Waals surface area contributed by atoms with E-state index in [0.29, 0.717) is 0 Å². The summed E-state index contributed by atoms with van der Waals surface area (Å²) in [5.74, 6) is -3.43. The Hall–Kier alpha value is -1.22. The second-order valence-corrected chi connectivity index (χ2v) is 3.50. The molecule has 0 spiro atoms. The summed E-state index contributed by atoms with van der Waals surface area (Å²) in [7, 11) is 0. The average Bonchev–Trinajstić information content (AvgIpc) is 2.50. The Morgan fingerprint density at radius 1 is 1.62 bits per heavy atom. The standard InChI is InChI=1S/C8H11NO7/c1-5(10)12-4-8-6(9-11)3-13-7(2,14-8)15-16-8/h11H,3-4H2,1-2H3/b9-6+/t7-,8+/m0/s1. The highest BCUT2D eigenvalue weighted by atomic mass is 17.3. The van der Waals surface area contributed by atoms with Crippen molar-refractivity contribution in [1.82, 2.24) is 0 Å². The third-order valence-electron chi connectivity index (χ3n) is 2.17. The molecule has 0 radical (unpaired) electrons. The number of nitrogens with zero attached hydrogens (tertiary/aromatic N) is 1. The summed E-state index contributed by atoms with van der Waals surface area (Å²) in [6.07, 6.45) is 0. The second-order valence-electron chi connectivity index (χ2n) is 3.50. The zero-order chi connectivity index (χ0) is 11.8. The van der Waals surface area contributed by atoms with Gasteiger partial charge in [-0.1, -0.05) is 5.16 Å². The molecule has 2 heterocycles. The van der Waals surface area contributed by atoms with Gasteiger partial charge in [-0.2, -0.15) is 9.78 Å². The fraction of sp³-hybridized carbons (Fsp3) is 0.750. The number of carbonyl (C=O) groups is 1. The number of ether oxygens (including phenoxy) is 3. The molecule has 8 nitrogen and oxygen atoms in total. The summed E-state index contributed by atoms with van der Waals surface area (Å²) < 4.78 is 15.1. The molecule has 0 aromatic rings. The molecule has 2 fully saturated rings. The molecule has 0 aromatic carbocycles. The third-order valence-corrected chi connectivity index (χ3v) is 2.17. The highest BCUT2D eigenvalue weighted by Gasteiger charge is 2.60. The van der Waals surface area contributed by atoms with Gasteiger partial charge in [0.25, 0.3) is 5.79 Å². The van der Waals surface area contributed by atoms with Gasteiger partial charge < -0.3 is 14.7 Å². The molecule has 0 saturated carbocycles. The largest absolute Gasteiger partial charge is 0.460 e. The van der Waals surface area contributed by atoms with Crippen LogP contribution >= 0.6 is 0 Å². The first-order valence-corrected chi connectivity index (χ1v) is 4.55. The average molecular weight is 233 g/mol. The van der Waals surface area contributed by atoms with Gasteiger partial charge in [-0.15, -0.1) is 0 Å². The van der Waals surface area contributed by atoms with Gasteiger partial charge in [0.1, 0.15) is 5.71 Å². The summed E-state index contributed by atoms with van der Waals surface area (Å²) in [6, 6.07) is 0. The molecular weight excluding hydrogens is 222 g/mol. The SMILES string of the molecule is CC(=O)OC[C@@]12OO[C@@](C)(OC/C1=N\O)O2. The van der Waals surface area contributed by atoms with E-state index >= 15 is 0 Å². The van der Waals surface area contributed by atoms with E-state index in [1.807, 2.05) is 0 Å². The van der Waals surface area contributed by atoms with Crippen LogP contribution in [-0.4, -0.2) is 41.9 Å². The molecule has 2 aliphatic rings. The smallest absolute Gasteiger partial charge is 0.312 e. The lowest BCUT2D eigenvalue weighted by Crippen LogP contribution is -2.53. The first kappa shape index (κ1) is 11.3. The van der Waals surface area contributed by atoms with Crippen molar-refractivity contribution in [2.75, 3.05) is 13.2 Å². The zero-order valence-corrected chi connectivity index (χ0v) is 8.76. The molecule has 1 N–H and O–H groups in total. The van der Waals surface area contributed by atoms with E-state index in [1.165, 1.54) is 13.8 Å². The van der Waals surface area contributed by atoms with Crippen LogP contribution < -0.4 is 0 Å². The molecule has 16 heavy (non-hydrogen) atoms. The van der Waals surface area contributed by atoms with Crippen LogP contribution in [0.1, 0.15) is 13.8 Å². The van der Waals surface area contributed by atoms with Crippen molar-refractivity contribution < 1.29 is 34.0 Å². The summed E-state index contributed by atoms with van der Waals surface area (Å²) in [6.45, 7) is 2.40. The minimum atomic E-state index is -1.53. The van der Waals surface area contributed by atoms with E-state index in [9.17, 15) is 4.79 Å². The van der Waals surface area contributed by atoms with Gasteiger partial charge in [0.2, 0.25) is 0 Å². The second kappa shape index (κ2) is 3.67. The van der Waals surface area contributed by atoms with Crippen molar-refractivity contribution in [1.29, 1.82) is 0 Å². The predicted molar refractivity (Wildman–Crippen MR) is 46.2 cm³/mol. The monoisotopic (exact) mass is 233 g/mol. The Labute approximate surface area is 90.6 Å². The molecule has 0 aliphatic carbocycles. The van der Waals surface area contributed by atoms with Crippen LogP contribution in [0.15, 0.2) is 5.16 Å². The Bertz CT molecular complexity index is 343.